The van der Waals surface area contributed by atoms with Crippen LogP contribution in [-0.2, 0) is 10.0 Å². The Morgan fingerprint density at radius 3 is 2.67 bits per heavy atom. The number of aliphatic hydroxyl groups is 1. The summed E-state index contributed by atoms with van der Waals surface area (Å²) in [6.45, 7) is 0.609. The summed E-state index contributed by atoms with van der Waals surface area (Å²) in [6.07, 6.45) is -0.827. The number of aliphatic hydroxyl groups excluding tert-OH is 1. The van der Waals surface area contributed by atoms with E-state index >= 15 is 0 Å². The molecule has 1 aromatic rings. The lowest BCUT2D eigenvalue weighted by atomic mass is 10.2. The highest BCUT2D eigenvalue weighted by Crippen LogP contribution is 2.29. The van der Waals surface area contributed by atoms with Crippen LogP contribution in [0.2, 0.25) is 5.02 Å². The van der Waals surface area contributed by atoms with Gasteiger partial charge in [-0.2, -0.15) is 4.31 Å². The Hall–Kier alpha value is -1.26. The lowest BCUT2D eigenvalue weighted by molar-refractivity contribution is -0.384. The van der Waals surface area contributed by atoms with Gasteiger partial charge in [-0.05, 0) is 12.1 Å². The van der Waals surface area contributed by atoms with Gasteiger partial charge < -0.3 is 10.4 Å². The molecule has 1 fully saturated rings. The average Bonchev–Trinajstić information content (AvgIpc) is 2.83. The minimum absolute atomic E-state index is 0.135. The normalized spacial score (nSPS) is 22.7. The van der Waals surface area contributed by atoms with Crippen LogP contribution < -0.4 is 5.32 Å². The third-order valence-corrected chi connectivity index (χ3v) is 5.61. The van der Waals surface area contributed by atoms with Gasteiger partial charge >= 0.3 is 0 Å². The number of halogens is 1. The quantitative estimate of drug-likeness (QED) is 0.600. The Labute approximate surface area is 126 Å². The number of nitrogens with zero attached hydrogens (tertiary/aromatic N) is 2. The highest BCUT2D eigenvalue weighted by atomic mass is 35.5. The smallest absolute Gasteiger partial charge is 0.289 e. The summed E-state index contributed by atoms with van der Waals surface area (Å²) in [6, 6.07) is 2.67. The van der Waals surface area contributed by atoms with Crippen molar-refractivity contribution in [3.63, 3.8) is 0 Å². The van der Waals surface area contributed by atoms with Crippen LogP contribution in [0.1, 0.15) is 0 Å². The molecular weight excluding hydrogens is 322 g/mol. The fourth-order valence-corrected chi connectivity index (χ4v) is 3.75. The number of benzene rings is 1. The van der Waals surface area contributed by atoms with E-state index in [1.54, 1.807) is 0 Å². The number of sulfonamides is 1. The Balaban J connectivity index is 2.39. The zero-order valence-electron chi connectivity index (χ0n) is 11.1. The largest absolute Gasteiger partial charge is 0.390 e. The van der Waals surface area contributed by atoms with E-state index in [2.05, 4.69) is 5.32 Å². The van der Waals surface area contributed by atoms with Crippen LogP contribution in [0.25, 0.3) is 0 Å². The first kappa shape index (κ1) is 16.1. The third kappa shape index (κ3) is 3.01. The molecule has 1 saturated heterocycles. The molecule has 1 heterocycles. The summed E-state index contributed by atoms with van der Waals surface area (Å²) in [7, 11) is -2.63. The standard InChI is InChI=1S/C11H14ClN3O5S/c1-14(10-5-13-6-11(10)16)21(19,20)7-2-3-8(12)9(4-7)15(17)18/h2-4,10-11,13,16H,5-6H2,1H3/t10-,11-/m0/s1. The van der Waals surface area contributed by atoms with Crippen molar-refractivity contribution < 1.29 is 18.4 Å². The van der Waals surface area contributed by atoms with E-state index in [9.17, 15) is 23.6 Å². The SMILES string of the molecule is CN([C@H]1CNC[C@@H]1O)S(=O)(=O)c1ccc(Cl)c([N+](=O)[O-])c1. The van der Waals surface area contributed by atoms with Crippen molar-refractivity contribution in [2.75, 3.05) is 20.1 Å². The topological polar surface area (TPSA) is 113 Å². The zero-order chi connectivity index (χ0) is 15.8. The Bertz CT molecular complexity index is 666. The molecular formula is C11H14ClN3O5S. The first-order valence-electron chi connectivity index (χ1n) is 6.06. The van der Waals surface area contributed by atoms with Gasteiger partial charge in [0.25, 0.3) is 5.69 Å². The second kappa shape index (κ2) is 5.85. The molecule has 0 unspecified atom stereocenters. The van der Waals surface area contributed by atoms with Crippen molar-refractivity contribution >= 4 is 27.3 Å². The van der Waals surface area contributed by atoms with Gasteiger partial charge in [-0.1, -0.05) is 11.6 Å². The fraction of sp³-hybridized carbons (Fsp3) is 0.455. The van der Waals surface area contributed by atoms with E-state index in [1.807, 2.05) is 0 Å². The lowest BCUT2D eigenvalue weighted by Crippen LogP contribution is -2.44. The minimum Gasteiger partial charge on any atom is -0.390 e. The summed E-state index contributed by atoms with van der Waals surface area (Å²) in [5.41, 5.74) is -0.476. The molecule has 21 heavy (non-hydrogen) atoms. The van der Waals surface area contributed by atoms with Crippen molar-refractivity contribution in [3.05, 3.63) is 33.3 Å². The molecule has 0 spiro atoms. The number of β-amino-alcohol motifs (C(OH)–C–C–N with tert-alkyl or cyclic N) is 1. The summed E-state index contributed by atoms with van der Waals surface area (Å²) in [4.78, 5) is 9.86. The van der Waals surface area contributed by atoms with Crippen LogP contribution in [0.5, 0.6) is 0 Å². The van der Waals surface area contributed by atoms with Gasteiger partial charge in [0.2, 0.25) is 10.0 Å². The van der Waals surface area contributed by atoms with E-state index < -0.39 is 32.8 Å². The first-order chi connectivity index (χ1) is 9.75. The number of nitrogens with one attached hydrogen (secondary N) is 1. The molecule has 8 nitrogen and oxygen atoms in total. The predicted molar refractivity (Wildman–Crippen MR) is 75.7 cm³/mol. The predicted octanol–water partition coefficient (Wildman–Crippen LogP) is 0.201. The Kier molecular flexibility index (Phi) is 4.49. The van der Waals surface area contributed by atoms with Crippen LogP contribution in [0, 0.1) is 10.1 Å². The van der Waals surface area contributed by atoms with E-state index in [1.165, 1.54) is 19.2 Å². The average molecular weight is 336 g/mol. The molecule has 10 heteroatoms. The highest BCUT2D eigenvalue weighted by Gasteiger charge is 2.36. The number of nitro benzene ring substituents is 1. The second-order valence-electron chi connectivity index (χ2n) is 4.68. The van der Waals surface area contributed by atoms with Crippen molar-refractivity contribution in [3.8, 4) is 0 Å². The van der Waals surface area contributed by atoms with Gasteiger partial charge in [-0.25, -0.2) is 8.42 Å². The Morgan fingerprint density at radius 2 is 2.14 bits per heavy atom. The molecule has 116 valence electrons. The van der Waals surface area contributed by atoms with Crippen LogP contribution in [-0.4, -0.2) is 55.0 Å². The molecule has 0 aromatic heterocycles. The van der Waals surface area contributed by atoms with Crippen molar-refractivity contribution in [1.82, 2.24) is 9.62 Å². The molecule has 0 saturated carbocycles. The summed E-state index contributed by atoms with van der Waals surface area (Å²) >= 11 is 5.67. The molecule has 1 aliphatic heterocycles. The van der Waals surface area contributed by atoms with Crippen LogP contribution >= 0.6 is 11.6 Å². The van der Waals surface area contributed by atoms with Crippen LogP contribution in [0.4, 0.5) is 5.69 Å². The van der Waals surface area contributed by atoms with Crippen molar-refractivity contribution in [2.24, 2.45) is 0 Å². The van der Waals surface area contributed by atoms with Gasteiger partial charge in [0.1, 0.15) is 5.02 Å². The van der Waals surface area contributed by atoms with E-state index in [-0.39, 0.29) is 9.92 Å². The molecule has 1 aromatic carbocycles. The van der Waals surface area contributed by atoms with Gasteiger partial charge in [0.05, 0.1) is 22.0 Å². The Morgan fingerprint density at radius 1 is 1.48 bits per heavy atom. The zero-order valence-corrected chi connectivity index (χ0v) is 12.6. The van der Waals surface area contributed by atoms with E-state index in [0.29, 0.717) is 13.1 Å². The first-order valence-corrected chi connectivity index (χ1v) is 7.87. The fourth-order valence-electron chi connectivity index (χ4n) is 2.16. The maximum absolute atomic E-state index is 12.5. The summed E-state index contributed by atoms with van der Waals surface area (Å²) in [5, 5.41) is 23.3. The number of hydrogen-bond donors (Lipinski definition) is 2. The van der Waals surface area contributed by atoms with Gasteiger partial charge in [-0.15, -0.1) is 0 Å². The molecule has 1 aliphatic rings. The summed E-state index contributed by atoms with van der Waals surface area (Å²) < 4.78 is 26.0. The molecule has 2 rings (SSSR count). The van der Waals surface area contributed by atoms with Crippen molar-refractivity contribution in [2.45, 2.75) is 17.0 Å². The number of likely N-dealkylation sites (N-methyl/N-ethyl adjacent to an activating group) is 1. The molecule has 2 atom stereocenters. The lowest BCUT2D eigenvalue weighted by Gasteiger charge is -2.25. The third-order valence-electron chi connectivity index (χ3n) is 3.41. The molecule has 0 amide bonds. The minimum atomic E-state index is -3.96. The highest BCUT2D eigenvalue weighted by molar-refractivity contribution is 7.89. The maximum Gasteiger partial charge on any atom is 0.289 e. The molecule has 0 aliphatic carbocycles. The molecule has 0 radical (unpaired) electrons. The molecule has 0 bridgehead atoms. The number of nitro groups is 1. The van der Waals surface area contributed by atoms with Crippen LogP contribution in [0.15, 0.2) is 23.1 Å². The number of hydrogen-bond acceptors (Lipinski definition) is 6. The van der Waals surface area contributed by atoms with Gasteiger partial charge in [0, 0.05) is 26.2 Å². The monoisotopic (exact) mass is 335 g/mol. The second-order valence-corrected chi connectivity index (χ2v) is 7.09. The summed E-state index contributed by atoms with van der Waals surface area (Å²) in [5.74, 6) is 0. The van der Waals surface area contributed by atoms with Crippen LogP contribution in [0.3, 0.4) is 0 Å². The number of rotatable bonds is 4. The van der Waals surface area contributed by atoms with E-state index in [0.717, 1.165) is 10.4 Å². The van der Waals surface area contributed by atoms with Crippen molar-refractivity contribution in [1.29, 1.82) is 0 Å². The molecule has 2 N–H and O–H groups in total. The van der Waals surface area contributed by atoms with Gasteiger partial charge in [-0.3, -0.25) is 10.1 Å². The van der Waals surface area contributed by atoms with E-state index in [4.69, 9.17) is 11.6 Å². The van der Waals surface area contributed by atoms with Gasteiger partial charge in [0.15, 0.2) is 0 Å². The maximum atomic E-state index is 12.5.